The molecule has 0 spiro atoms. The minimum atomic E-state index is 0.191. The first kappa shape index (κ1) is 12.6. The zero-order chi connectivity index (χ0) is 14.2. The first-order valence-electron chi connectivity index (χ1n) is 6.66. The highest BCUT2D eigenvalue weighted by Crippen LogP contribution is 2.59. The number of benzene rings is 1. The van der Waals surface area contributed by atoms with E-state index < -0.39 is 0 Å². The molecule has 1 fully saturated rings. The lowest BCUT2D eigenvalue weighted by molar-refractivity contribution is 0.607. The third-order valence-corrected chi connectivity index (χ3v) is 4.06. The maximum absolute atomic E-state index is 8.72. The molecule has 1 N–H and O–H groups in total. The SMILES string of the molecule is CC1(C)[C@@H](Nc2cnc(C#N)cn2)[C@@H]1c1ccccc1. The second-order valence-electron chi connectivity index (χ2n) is 5.73. The molecule has 1 saturated carbocycles. The molecule has 1 aromatic carbocycles. The molecule has 20 heavy (non-hydrogen) atoms. The van der Waals surface area contributed by atoms with Gasteiger partial charge in [-0.2, -0.15) is 5.26 Å². The first-order valence-corrected chi connectivity index (χ1v) is 6.66. The zero-order valence-electron chi connectivity index (χ0n) is 11.5. The van der Waals surface area contributed by atoms with Gasteiger partial charge in [0.2, 0.25) is 0 Å². The highest BCUT2D eigenvalue weighted by atomic mass is 15.1. The van der Waals surface area contributed by atoms with E-state index in [0.717, 1.165) is 5.82 Å². The number of anilines is 1. The molecule has 4 nitrogen and oxygen atoms in total. The van der Waals surface area contributed by atoms with Crippen LogP contribution in [0.2, 0.25) is 0 Å². The van der Waals surface area contributed by atoms with E-state index in [4.69, 9.17) is 5.26 Å². The van der Waals surface area contributed by atoms with Gasteiger partial charge in [-0.25, -0.2) is 9.97 Å². The molecule has 4 heteroatoms. The molecular weight excluding hydrogens is 248 g/mol. The highest BCUT2D eigenvalue weighted by molar-refractivity contribution is 5.45. The molecule has 0 bridgehead atoms. The Labute approximate surface area is 118 Å². The van der Waals surface area contributed by atoms with Gasteiger partial charge in [0.15, 0.2) is 5.69 Å². The van der Waals surface area contributed by atoms with Crippen LogP contribution in [0.25, 0.3) is 0 Å². The maximum Gasteiger partial charge on any atom is 0.158 e. The summed E-state index contributed by atoms with van der Waals surface area (Å²) in [6.45, 7) is 4.50. The standard InChI is InChI=1S/C16H16N4/c1-16(2)14(11-6-4-3-5-7-11)15(16)20-13-10-18-12(8-17)9-19-13/h3-7,9-10,14-15H,1-2H3,(H,19,20)/t14-,15-/m0/s1. The van der Waals surface area contributed by atoms with Crippen LogP contribution in [0.4, 0.5) is 5.82 Å². The molecule has 0 radical (unpaired) electrons. The molecule has 1 aliphatic rings. The normalized spacial score (nSPS) is 22.9. The summed E-state index contributed by atoms with van der Waals surface area (Å²) in [6, 6.07) is 12.8. The van der Waals surface area contributed by atoms with Gasteiger partial charge in [0.05, 0.1) is 12.4 Å². The molecule has 2 aromatic rings. The summed E-state index contributed by atoms with van der Waals surface area (Å²) in [6.07, 6.45) is 3.12. The topological polar surface area (TPSA) is 61.6 Å². The Balaban J connectivity index is 1.77. The van der Waals surface area contributed by atoms with Crippen LogP contribution in [-0.4, -0.2) is 16.0 Å². The summed E-state index contributed by atoms with van der Waals surface area (Å²) >= 11 is 0. The molecule has 1 aliphatic carbocycles. The number of nitriles is 1. The van der Waals surface area contributed by atoms with Crippen molar-refractivity contribution in [1.29, 1.82) is 5.26 Å². The molecule has 1 heterocycles. The molecule has 100 valence electrons. The molecule has 0 aliphatic heterocycles. The van der Waals surface area contributed by atoms with Gasteiger partial charge in [0.25, 0.3) is 0 Å². The molecule has 0 amide bonds. The van der Waals surface area contributed by atoms with Gasteiger partial charge in [-0.1, -0.05) is 44.2 Å². The quantitative estimate of drug-likeness (QED) is 0.925. The average Bonchev–Trinajstić information content (AvgIpc) is 3.01. The van der Waals surface area contributed by atoms with Crippen molar-refractivity contribution in [3.8, 4) is 6.07 Å². The first-order chi connectivity index (χ1) is 9.63. The van der Waals surface area contributed by atoms with E-state index in [9.17, 15) is 0 Å². The van der Waals surface area contributed by atoms with Crippen molar-refractivity contribution < 1.29 is 0 Å². The smallest absolute Gasteiger partial charge is 0.158 e. The lowest BCUT2D eigenvalue weighted by atomic mass is 10.0. The highest BCUT2D eigenvalue weighted by Gasteiger charge is 2.58. The van der Waals surface area contributed by atoms with Crippen molar-refractivity contribution in [2.24, 2.45) is 5.41 Å². The van der Waals surface area contributed by atoms with Gasteiger partial charge >= 0.3 is 0 Å². The van der Waals surface area contributed by atoms with Crippen LogP contribution >= 0.6 is 0 Å². The van der Waals surface area contributed by atoms with Gasteiger partial charge in [-0.15, -0.1) is 0 Å². The van der Waals surface area contributed by atoms with Crippen LogP contribution in [0.15, 0.2) is 42.7 Å². The van der Waals surface area contributed by atoms with Gasteiger partial charge in [0.1, 0.15) is 11.9 Å². The largest absolute Gasteiger partial charge is 0.365 e. The molecule has 1 aromatic heterocycles. The van der Waals surface area contributed by atoms with Gasteiger partial charge in [0, 0.05) is 12.0 Å². The van der Waals surface area contributed by atoms with Gasteiger partial charge in [-0.3, -0.25) is 0 Å². The van der Waals surface area contributed by atoms with Crippen LogP contribution < -0.4 is 5.32 Å². The predicted octanol–water partition coefficient (Wildman–Crippen LogP) is 2.95. The number of rotatable bonds is 3. The Morgan fingerprint density at radius 1 is 1.15 bits per heavy atom. The number of hydrogen-bond acceptors (Lipinski definition) is 4. The van der Waals surface area contributed by atoms with E-state index in [1.54, 1.807) is 6.20 Å². The number of nitrogens with one attached hydrogen (secondary N) is 1. The third-order valence-electron chi connectivity index (χ3n) is 4.06. The second-order valence-corrected chi connectivity index (χ2v) is 5.73. The van der Waals surface area contributed by atoms with Gasteiger partial charge in [-0.05, 0) is 11.0 Å². The van der Waals surface area contributed by atoms with Crippen molar-refractivity contribution in [3.05, 3.63) is 54.0 Å². The van der Waals surface area contributed by atoms with E-state index in [1.165, 1.54) is 11.8 Å². The molecule has 2 atom stereocenters. The van der Waals surface area contributed by atoms with Crippen molar-refractivity contribution in [3.63, 3.8) is 0 Å². The van der Waals surface area contributed by atoms with Crippen molar-refractivity contribution >= 4 is 5.82 Å². The fraction of sp³-hybridized carbons (Fsp3) is 0.312. The summed E-state index contributed by atoms with van der Waals surface area (Å²) in [5.74, 6) is 1.20. The minimum absolute atomic E-state index is 0.191. The van der Waals surface area contributed by atoms with Gasteiger partial charge < -0.3 is 5.32 Å². The molecule has 3 rings (SSSR count). The Morgan fingerprint density at radius 2 is 1.90 bits per heavy atom. The fourth-order valence-corrected chi connectivity index (χ4v) is 2.81. The Kier molecular flexibility index (Phi) is 2.90. The average molecular weight is 264 g/mol. The maximum atomic E-state index is 8.72. The van der Waals surface area contributed by atoms with Crippen molar-refractivity contribution in [2.75, 3.05) is 5.32 Å². The van der Waals surface area contributed by atoms with E-state index in [2.05, 4.69) is 53.4 Å². The second kappa shape index (κ2) is 4.61. The Hall–Kier alpha value is -2.41. The van der Waals surface area contributed by atoms with E-state index >= 15 is 0 Å². The van der Waals surface area contributed by atoms with Crippen LogP contribution in [0, 0.1) is 16.7 Å². The lowest BCUT2D eigenvalue weighted by Gasteiger charge is -2.05. The minimum Gasteiger partial charge on any atom is -0.365 e. The van der Waals surface area contributed by atoms with Crippen LogP contribution in [0.3, 0.4) is 0 Å². The summed E-state index contributed by atoms with van der Waals surface area (Å²) in [5, 5.41) is 12.1. The van der Waals surface area contributed by atoms with Crippen LogP contribution in [0.1, 0.15) is 31.0 Å². The third kappa shape index (κ3) is 2.12. The number of hydrogen-bond donors (Lipinski definition) is 1. The lowest BCUT2D eigenvalue weighted by Crippen LogP contribution is -2.10. The van der Waals surface area contributed by atoms with E-state index in [1.807, 2.05) is 12.1 Å². The summed E-state index contributed by atoms with van der Waals surface area (Å²) in [7, 11) is 0. The number of nitrogens with zero attached hydrogens (tertiary/aromatic N) is 3. The molecular formula is C16H16N4. The summed E-state index contributed by atoms with van der Waals surface area (Å²) in [5.41, 5.74) is 1.87. The number of aromatic nitrogens is 2. The predicted molar refractivity (Wildman–Crippen MR) is 77.1 cm³/mol. The van der Waals surface area contributed by atoms with E-state index in [0.29, 0.717) is 17.7 Å². The summed E-state index contributed by atoms with van der Waals surface area (Å²) < 4.78 is 0. The zero-order valence-corrected chi connectivity index (χ0v) is 11.5. The van der Waals surface area contributed by atoms with E-state index in [-0.39, 0.29) is 5.41 Å². The van der Waals surface area contributed by atoms with Crippen molar-refractivity contribution in [1.82, 2.24) is 9.97 Å². The van der Waals surface area contributed by atoms with Crippen molar-refractivity contribution in [2.45, 2.75) is 25.8 Å². The Bertz CT molecular complexity index is 640. The Morgan fingerprint density at radius 3 is 2.50 bits per heavy atom. The molecule has 0 unspecified atom stereocenters. The fourth-order valence-electron chi connectivity index (χ4n) is 2.81. The van der Waals surface area contributed by atoms with Crippen LogP contribution in [-0.2, 0) is 0 Å². The monoisotopic (exact) mass is 264 g/mol. The molecule has 0 saturated heterocycles. The van der Waals surface area contributed by atoms with Crippen LogP contribution in [0.5, 0.6) is 0 Å². The summed E-state index contributed by atoms with van der Waals surface area (Å²) in [4.78, 5) is 8.26.